The highest BCUT2D eigenvalue weighted by molar-refractivity contribution is 5.45. The van der Waals surface area contributed by atoms with Crippen LogP contribution in [0.1, 0.15) is 5.69 Å². The fraction of sp³-hybridized carbons (Fsp3) is 0.286. The molecule has 0 spiro atoms. The maximum atomic E-state index is 4.25. The fourth-order valence-corrected chi connectivity index (χ4v) is 1.08. The Balaban J connectivity index is 2.53. The topological polar surface area (TPSA) is 29.9 Å². The lowest BCUT2D eigenvalue weighted by molar-refractivity contribution is 1.06. The molecule has 0 bridgehead atoms. The molecule has 1 aromatic heterocycles. The molecule has 0 saturated heterocycles. The van der Waals surface area contributed by atoms with Crippen molar-refractivity contribution < 1.29 is 0 Å². The number of fused-ring (bicyclic) bond motifs is 1. The van der Waals surface area contributed by atoms with Gasteiger partial charge in [0.05, 0.1) is 5.69 Å². The molecule has 0 radical (unpaired) electrons. The van der Waals surface area contributed by atoms with Crippen LogP contribution < -0.4 is 5.32 Å². The molecule has 2 rings (SSSR count). The van der Waals surface area contributed by atoms with E-state index in [9.17, 15) is 0 Å². The summed E-state index contributed by atoms with van der Waals surface area (Å²) >= 11 is 0. The van der Waals surface area contributed by atoms with Crippen molar-refractivity contribution in [3.8, 4) is 0 Å². The molecule has 1 aliphatic heterocycles. The number of nitrogens with one attached hydrogen (secondary N) is 1. The van der Waals surface area contributed by atoms with E-state index >= 15 is 0 Å². The highest BCUT2D eigenvalue weighted by Gasteiger charge is 2.03. The lowest BCUT2D eigenvalue weighted by atomic mass is 10.5. The van der Waals surface area contributed by atoms with Gasteiger partial charge < -0.3 is 5.32 Å². The minimum absolute atomic E-state index is 0.885. The second kappa shape index (κ2) is 1.87. The van der Waals surface area contributed by atoms with Crippen LogP contribution in [-0.2, 0) is 0 Å². The van der Waals surface area contributed by atoms with E-state index in [1.54, 1.807) is 0 Å². The predicted octanol–water partition coefficient (Wildman–Crippen LogP) is 1.09. The van der Waals surface area contributed by atoms with E-state index in [-0.39, 0.29) is 0 Å². The summed E-state index contributed by atoms with van der Waals surface area (Å²) in [6.07, 6.45) is 6.08. The van der Waals surface area contributed by atoms with Crippen LogP contribution in [0.15, 0.2) is 12.3 Å². The van der Waals surface area contributed by atoms with Crippen LogP contribution in [0.4, 0.5) is 5.95 Å². The monoisotopic (exact) mass is 135 g/mol. The second-order valence-electron chi connectivity index (χ2n) is 2.38. The summed E-state index contributed by atoms with van der Waals surface area (Å²) in [7, 11) is 0. The minimum atomic E-state index is 0.885. The zero-order valence-electron chi connectivity index (χ0n) is 5.83. The van der Waals surface area contributed by atoms with E-state index in [2.05, 4.69) is 16.4 Å². The van der Waals surface area contributed by atoms with Crippen molar-refractivity contribution >= 4 is 12.1 Å². The molecule has 10 heavy (non-hydrogen) atoms. The SMILES string of the molecule is Cc1cn2c(n1)NCC=C2. The van der Waals surface area contributed by atoms with Crippen molar-refractivity contribution in [1.82, 2.24) is 9.55 Å². The van der Waals surface area contributed by atoms with Crippen molar-refractivity contribution in [2.45, 2.75) is 6.92 Å². The number of anilines is 1. The van der Waals surface area contributed by atoms with Gasteiger partial charge in [0.2, 0.25) is 5.95 Å². The average Bonchev–Trinajstić information content (AvgIpc) is 2.27. The van der Waals surface area contributed by atoms with Gasteiger partial charge in [-0.15, -0.1) is 0 Å². The molecule has 0 aromatic carbocycles. The van der Waals surface area contributed by atoms with Crippen LogP contribution in [0.5, 0.6) is 0 Å². The van der Waals surface area contributed by atoms with Crippen molar-refractivity contribution in [2.75, 3.05) is 11.9 Å². The van der Waals surface area contributed by atoms with Gasteiger partial charge in [-0.25, -0.2) is 4.98 Å². The van der Waals surface area contributed by atoms with E-state index in [1.165, 1.54) is 0 Å². The van der Waals surface area contributed by atoms with Crippen LogP contribution in [0.2, 0.25) is 0 Å². The van der Waals surface area contributed by atoms with Crippen molar-refractivity contribution in [3.63, 3.8) is 0 Å². The van der Waals surface area contributed by atoms with Gasteiger partial charge in [0.15, 0.2) is 0 Å². The van der Waals surface area contributed by atoms with E-state index in [1.807, 2.05) is 23.9 Å². The molecule has 0 fully saturated rings. The van der Waals surface area contributed by atoms with E-state index in [4.69, 9.17) is 0 Å². The molecule has 52 valence electrons. The Hall–Kier alpha value is -1.25. The third kappa shape index (κ3) is 0.708. The summed E-state index contributed by atoms with van der Waals surface area (Å²) in [4.78, 5) is 4.25. The van der Waals surface area contributed by atoms with Crippen LogP contribution in [-0.4, -0.2) is 16.1 Å². The van der Waals surface area contributed by atoms with E-state index in [0.717, 1.165) is 18.2 Å². The minimum Gasteiger partial charge on any atom is -0.352 e. The van der Waals surface area contributed by atoms with Crippen LogP contribution >= 0.6 is 0 Å². The van der Waals surface area contributed by atoms with Crippen molar-refractivity contribution in [1.29, 1.82) is 0 Å². The molecular formula is C7H9N3. The number of hydrogen-bond acceptors (Lipinski definition) is 2. The predicted molar refractivity (Wildman–Crippen MR) is 40.8 cm³/mol. The largest absolute Gasteiger partial charge is 0.352 e. The molecule has 0 saturated carbocycles. The van der Waals surface area contributed by atoms with Crippen LogP contribution in [0.3, 0.4) is 0 Å². The van der Waals surface area contributed by atoms with Gasteiger partial charge in [0.1, 0.15) is 0 Å². The van der Waals surface area contributed by atoms with Gasteiger partial charge in [0.25, 0.3) is 0 Å². The Labute approximate surface area is 59.4 Å². The summed E-state index contributed by atoms with van der Waals surface area (Å²) in [6.45, 7) is 2.87. The standard InChI is InChI=1S/C7H9N3/c1-6-5-10-4-2-3-8-7(10)9-6/h2,4-5H,3H2,1H3,(H,8,9). The van der Waals surface area contributed by atoms with Crippen molar-refractivity contribution in [3.05, 3.63) is 18.0 Å². The molecule has 1 aliphatic rings. The Morgan fingerprint density at radius 3 is 3.40 bits per heavy atom. The molecule has 2 heterocycles. The number of nitrogens with zero attached hydrogens (tertiary/aromatic N) is 2. The number of hydrogen-bond donors (Lipinski definition) is 1. The van der Waals surface area contributed by atoms with E-state index in [0.29, 0.717) is 0 Å². The molecule has 1 aromatic rings. The fourth-order valence-electron chi connectivity index (χ4n) is 1.08. The van der Waals surface area contributed by atoms with Crippen molar-refractivity contribution in [2.24, 2.45) is 0 Å². The summed E-state index contributed by atoms with van der Waals surface area (Å²) in [5, 5.41) is 3.15. The molecular weight excluding hydrogens is 126 g/mol. The zero-order chi connectivity index (χ0) is 6.97. The van der Waals surface area contributed by atoms with Gasteiger partial charge in [-0.2, -0.15) is 0 Å². The third-order valence-electron chi connectivity index (χ3n) is 1.50. The Morgan fingerprint density at radius 1 is 1.70 bits per heavy atom. The Kier molecular flexibility index (Phi) is 1.03. The summed E-state index contributed by atoms with van der Waals surface area (Å²) in [6, 6.07) is 0. The molecule has 3 nitrogen and oxygen atoms in total. The molecule has 0 unspecified atom stereocenters. The first-order chi connectivity index (χ1) is 4.86. The van der Waals surface area contributed by atoms with E-state index < -0.39 is 0 Å². The molecule has 1 N–H and O–H groups in total. The quantitative estimate of drug-likeness (QED) is 0.577. The first-order valence-corrected chi connectivity index (χ1v) is 3.32. The Morgan fingerprint density at radius 2 is 2.60 bits per heavy atom. The first-order valence-electron chi connectivity index (χ1n) is 3.32. The maximum absolute atomic E-state index is 4.25. The normalized spacial score (nSPS) is 14.5. The third-order valence-corrected chi connectivity index (χ3v) is 1.50. The maximum Gasteiger partial charge on any atom is 0.207 e. The molecule has 3 heteroatoms. The molecule has 0 amide bonds. The summed E-state index contributed by atoms with van der Waals surface area (Å²) in [5.41, 5.74) is 1.05. The summed E-state index contributed by atoms with van der Waals surface area (Å²) < 4.78 is 1.98. The highest BCUT2D eigenvalue weighted by Crippen LogP contribution is 2.11. The van der Waals surface area contributed by atoms with Gasteiger partial charge in [0, 0.05) is 18.9 Å². The number of aryl methyl sites for hydroxylation is 1. The van der Waals surface area contributed by atoms with Gasteiger partial charge in [-0.05, 0) is 13.0 Å². The number of rotatable bonds is 0. The van der Waals surface area contributed by atoms with Gasteiger partial charge >= 0.3 is 0 Å². The smallest absolute Gasteiger partial charge is 0.207 e. The molecule has 0 atom stereocenters. The lowest BCUT2D eigenvalue weighted by Gasteiger charge is -2.07. The average molecular weight is 135 g/mol. The Bertz CT molecular complexity index is 272. The second-order valence-corrected chi connectivity index (χ2v) is 2.38. The van der Waals surface area contributed by atoms with Gasteiger partial charge in [-0.1, -0.05) is 0 Å². The highest BCUT2D eigenvalue weighted by atomic mass is 15.2. The molecule has 0 aliphatic carbocycles. The lowest BCUT2D eigenvalue weighted by Crippen LogP contribution is -2.07. The number of imidazole rings is 1. The van der Waals surface area contributed by atoms with Gasteiger partial charge in [-0.3, -0.25) is 4.57 Å². The first kappa shape index (κ1) is 5.53. The van der Waals surface area contributed by atoms with Crippen LogP contribution in [0, 0.1) is 6.92 Å². The zero-order valence-corrected chi connectivity index (χ0v) is 5.83. The number of aromatic nitrogens is 2. The van der Waals surface area contributed by atoms with Crippen LogP contribution in [0.25, 0.3) is 6.20 Å². The summed E-state index contributed by atoms with van der Waals surface area (Å²) in [5.74, 6) is 0.944.